The van der Waals surface area contributed by atoms with E-state index in [1.165, 1.54) is 28.6 Å². The third-order valence-corrected chi connectivity index (χ3v) is 4.49. The Kier molecular flexibility index (Phi) is 4.96. The Morgan fingerprint density at radius 3 is 2.29 bits per heavy atom. The van der Waals surface area contributed by atoms with Crippen LogP contribution in [0, 0.1) is 0 Å². The summed E-state index contributed by atoms with van der Waals surface area (Å²) in [5.41, 5.74) is 0. The molecule has 17 heavy (non-hydrogen) atoms. The predicted octanol–water partition coefficient (Wildman–Crippen LogP) is 2.20. The summed E-state index contributed by atoms with van der Waals surface area (Å²) in [6, 6.07) is 5.60. The van der Waals surface area contributed by atoms with Crippen LogP contribution in [0.3, 0.4) is 0 Å². The van der Waals surface area contributed by atoms with Gasteiger partial charge >= 0.3 is 0 Å². The van der Waals surface area contributed by atoms with Crippen molar-refractivity contribution < 1.29 is 13.5 Å². The molecule has 4 nitrogen and oxygen atoms in total. The number of hydrogen-bond acceptors (Lipinski definition) is 3. The summed E-state index contributed by atoms with van der Waals surface area (Å²) in [7, 11) is -1.83. The maximum atomic E-state index is 12.1. The van der Waals surface area contributed by atoms with Crippen molar-refractivity contribution >= 4 is 10.0 Å². The molecule has 1 aromatic carbocycles. The molecule has 0 aromatic heterocycles. The zero-order chi connectivity index (χ0) is 12.9. The van der Waals surface area contributed by atoms with E-state index in [0.29, 0.717) is 6.54 Å². The van der Waals surface area contributed by atoms with Crippen molar-refractivity contribution in [1.29, 1.82) is 0 Å². The van der Waals surface area contributed by atoms with Crippen molar-refractivity contribution in [2.24, 2.45) is 0 Å². The van der Waals surface area contributed by atoms with Gasteiger partial charge in [0.2, 0.25) is 10.0 Å². The molecule has 1 N–H and O–H groups in total. The van der Waals surface area contributed by atoms with Gasteiger partial charge < -0.3 is 5.11 Å². The average Bonchev–Trinajstić information content (AvgIpc) is 2.29. The zero-order valence-corrected chi connectivity index (χ0v) is 11.1. The molecule has 0 radical (unpaired) electrons. The SMILES string of the molecule is CCCCCN(C)S(=O)(=O)c1ccc(O)cc1. The molecule has 0 saturated heterocycles. The number of aromatic hydroxyl groups is 1. The zero-order valence-electron chi connectivity index (χ0n) is 10.3. The third-order valence-electron chi connectivity index (χ3n) is 2.62. The fourth-order valence-electron chi connectivity index (χ4n) is 1.50. The summed E-state index contributed by atoms with van der Waals surface area (Å²) in [6.07, 6.45) is 2.95. The molecule has 0 aliphatic heterocycles. The van der Waals surface area contributed by atoms with Crippen molar-refractivity contribution in [3.8, 4) is 5.75 Å². The third kappa shape index (κ3) is 3.71. The van der Waals surface area contributed by atoms with E-state index in [1.807, 2.05) is 0 Å². The standard InChI is InChI=1S/C12H19NO3S/c1-3-4-5-10-13(2)17(15,16)12-8-6-11(14)7-9-12/h6-9,14H,3-5,10H2,1-2H3. The normalized spacial score (nSPS) is 11.9. The van der Waals surface area contributed by atoms with Crippen LogP contribution in [-0.2, 0) is 10.0 Å². The van der Waals surface area contributed by atoms with Gasteiger partial charge in [0, 0.05) is 13.6 Å². The van der Waals surface area contributed by atoms with Crippen LogP contribution in [0.1, 0.15) is 26.2 Å². The van der Waals surface area contributed by atoms with Gasteiger partial charge in [-0.05, 0) is 30.7 Å². The Labute approximate surface area is 103 Å². The van der Waals surface area contributed by atoms with Gasteiger partial charge in [-0.2, -0.15) is 0 Å². The molecule has 5 heteroatoms. The summed E-state index contributed by atoms with van der Waals surface area (Å²) in [6.45, 7) is 2.60. The van der Waals surface area contributed by atoms with Crippen molar-refractivity contribution in [3.05, 3.63) is 24.3 Å². The minimum absolute atomic E-state index is 0.0672. The number of benzene rings is 1. The Balaban J connectivity index is 2.76. The Morgan fingerprint density at radius 1 is 1.18 bits per heavy atom. The van der Waals surface area contributed by atoms with Crippen LogP contribution in [-0.4, -0.2) is 31.4 Å². The van der Waals surface area contributed by atoms with E-state index in [-0.39, 0.29) is 10.6 Å². The second kappa shape index (κ2) is 6.02. The highest BCUT2D eigenvalue weighted by atomic mass is 32.2. The quantitative estimate of drug-likeness (QED) is 0.795. The molecule has 0 spiro atoms. The van der Waals surface area contributed by atoms with E-state index in [4.69, 9.17) is 5.11 Å². The lowest BCUT2D eigenvalue weighted by molar-refractivity contribution is 0.453. The largest absolute Gasteiger partial charge is 0.508 e. The molecule has 0 atom stereocenters. The molecule has 0 bridgehead atoms. The summed E-state index contributed by atoms with van der Waals surface area (Å²) in [5.74, 6) is 0.0672. The van der Waals surface area contributed by atoms with Gasteiger partial charge in [0.05, 0.1) is 4.90 Å². The summed E-state index contributed by atoms with van der Waals surface area (Å²) < 4.78 is 25.5. The number of unbranched alkanes of at least 4 members (excludes halogenated alkanes) is 2. The molecule has 0 heterocycles. The molecule has 96 valence electrons. The second-order valence-corrected chi connectivity index (χ2v) is 6.07. The van der Waals surface area contributed by atoms with Crippen molar-refractivity contribution in [1.82, 2.24) is 4.31 Å². The van der Waals surface area contributed by atoms with Gasteiger partial charge in [-0.3, -0.25) is 0 Å². The highest BCUT2D eigenvalue weighted by Crippen LogP contribution is 2.18. The summed E-state index contributed by atoms with van der Waals surface area (Å²) >= 11 is 0. The van der Waals surface area contributed by atoms with Gasteiger partial charge in [-0.25, -0.2) is 12.7 Å². The summed E-state index contributed by atoms with van der Waals surface area (Å²) in [4.78, 5) is 0.217. The molecular weight excluding hydrogens is 238 g/mol. The number of nitrogens with zero attached hydrogens (tertiary/aromatic N) is 1. The highest BCUT2D eigenvalue weighted by molar-refractivity contribution is 7.89. The first-order valence-electron chi connectivity index (χ1n) is 5.74. The van der Waals surface area contributed by atoms with Crippen LogP contribution in [0.4, 0.5) is 0 Å². The smallest absolute Gasteiger partial charge is 0.242 e. The number of phenols is 1. The topological polar surface area (TPSA) is 57.6 Å². The van der Waals surface area contributed by atoms with Crippen LogP contribution in [0.25, 0.3) is 0 Å². The maximum Gasteiger partial charge on any atom is 0.242 e. The molecule has 0 unspecified atom stereocenters. The van der Waals surface area contributed by atoms with Gasteiger partial charge in [-0.1, -0.05) is 19.8 Å². The molecule has 1 aromatic rings. The summed E-state index contributed by atoms with van der Waals surface area (Å²) in [5, 5.41) is 9.13. The van der Waals surface area contributed by atoms with Gasteiger partial charge in [0.1, 0.15) is 5.75 Å². The number of phenolic OH excluding ortho intramolecular Hbond substituents is 1. The van der Waals surface area contributed by atoms with E-state index < -0.39 is 10.0 Å². The van der Waals surface area contributed by atoms with E-state index in [1.54, 1.807) is 7.05 Å². The fourth-order valence-corrected chi connectivity index (χ4v) is 2.71. The minimum Gasteiger partial charge on any atom is -0.508 e. The minimum atomic E-state index is -3.41. The van der Waals surface area contributed by atoms with Gasteiger partial charge in [0.25, 0.3) is 0 Å². The van der Waals surface area contributed by atoms with E-state index >= 15 is 0 Å². The van der Waals surface area contributed by atoms with Crippen molar-refractivity contribution in [2.75, 3.05) is 13.6 Å². The Bertz CT molecular complexity index is 439. The molecule has 0 aliphatic rings. The fraction of sp³-hybridized carbons (Fsp3) is 0.500. The lowest BCUT2D eigenvalue weighted by Gasteiger charge is -2.16. The molecule has 0 saturated carbocycles. The molecular formula is C12H19NO3S. The van der Waals surface area contributed by atoms with Gasteiger partial charge in [0.15, 0.2) is 0 Å². The van der Waals surface area contributed by atoms with Crippen LogP contribution < -0.4 is 0 Å². The Morgan fingerprint density at radius 2 is 1.76 bits per heavy atom. The predicted molar refractivity (Wildman–Crippen MR) is 67.4 cm³/mol. The molecule has 0 aliphatic carbocycles. The second-order valence-electron chi connectivity index (χ2n) is 4.03. The lowest BCUT2D eigenvalue weighted by Crippen LogP contribution is -2.27. The number of rotatable bonds is 6. The first-order chi connectivity index (χ1) is 7.98. The highest BCUT2D eigenvalue weighted by Gasteiger charge is 2.19. The lowest BCUT2D eigenvalue weighted by atomic mass is 10.2. The Hall–Kier alpha value is -1.07. The van der Waals surface area contributed by atoms with Gasteiger partial charge in [-0.15, -0.1) is 0 Å². The van der Waals surface area contributed by atoms with Crippen LogP contribution in [0.15, 0.2) is 29.2 Å². The van der Waals surface area contributed by atoms with E-state index in [9.17, 15) is 8.42 Å². The van der Waals surface area contributed by atoms with E-state index in [0.717, 1.165) is 19.3 Å². The molecule has 0 fully saturated rings. The first-order valence-corrected chi connectivity index (χ1v) is 7.18. The average molecular weight is 257 g/mol. The molecule has 0 amide bonds. The number of hydrogen-bond donors (Lipinski definition) is 1. The van der Waals surface area contributed by atoms with Crippen LogP contribution in [0.5, 0.6) is 5.75 Å². The maximum absolute atomic E-state index is 12.1. The van der Waals surface area contributed by atoms with Crippen molar-refractivity contribution in [3.63, 3.8) is 0 Å². The van der Waals surface area contributed by atoms with E-state index in [2.05, 4.69) is 6.92 Å². The van der Waals surface area contributed by atoms with Crippen molar-refractivity contribution in [2.45, 2.75) is 31.1 Å². The molecule has 1 rings (SSSR count). The van der Waals surface area contributed by atoms with Crippen LogP contribution >= 0.6 is 0 Å². The monoisotopic (exact) mass is 257 g/mol. The number of sulfonamides is 1. The first kappa shape index (κ1) is 14.0. The van der Waals surface area contributed by atoms with Crippen LogP contribution in [0.2, 0.25) is 0 Å².